The molecule has 0 atom stereocenters. The van der Waals surface area contributed by atoms with Gasteiger partial charge in [-0.25, -0.2) is 8.42 Å². The maximum atomic E-state index is 12.7. The van der Waals surface area contributed by atoms with Crippen LogP contribution in [0, 0.1) is 5.92 Å². The van der Waals surface area contributed by atoms with Gasteiger partial charge in [-0.3, -0.25) is 0 Å². The standard InChI is InChI=1S/C12H16ClNO4S/c1-12(2,7-5-18-6-7)19(16,17)11-8(13)3-4-9(14)10(11)15/h3-4,7,15H,5-6,14H2,1-2H3. The number of sulfone groups is 1. The molecule has 19 heavy (non-hydrogen) atoms. The molecule has 3 N–H and O–H groups in total. The van der Waals surface area contributed by atoms with Gasteiger partial charge in [-0.15, -0.1) is 0 Å². The zero-order chi connectivity index (χ0) is 14.4. The van der Waals surface area contributed by atoms with Crippen molar-refractivity contribution in [3.63, 3.8) is 0 Å². The second-order valence-corrected chi connectivity index (χ2v) is 8.03. The van der Waals surface area contributed by atoms with Crippen LogP contribution < -0.4 is 5.73 Å². The predicted molar refractivity (Wildman–Crippen MR) is 73.1 cm³/mol. The van der Waals surface area contributed by atoms with Crippen LogP contribution in [0.25, 0.3) is 0 Å². The van der Waals surface area contributed by atoms with Gasteiger partial charge < -0.3 is 15.6 Å². The first-order chi connectivity index (χ1) is 8.69. The predicted octanol–water partition coefficient (Wildman–Crippen LogP) is 1.83. The minimum Gasteiger partial charge on any atom is -0.504 e. The summed E-state index contributed by atoms with van der Waals surface area (Å²) in [5.41, 5.74) is 5.54. The van der Waals surface area contributed by atoms with E-state index in [1.54, 1.807) is 13.8 Å². The Labute approximate surface area is 117 Å². The van der Waals surface area contributed by atoms with Gasteiger partial charge in [-0.1, -0.05) is 11.6 Å². The molecule has 0 radical (unpaired) electrons. The monoisotopic (exact) mass is 305 g/mol. The van der Waals surface area contributed by atoms with E-state index in [9.17, 15) is 13.5 Å². The van der Waals surface area contributed by atoms with Crippen LogP contribution in [0.5, 0.6) is 5.75 Å². The van der Waals surface area contributed by atoms with Crippen molar-refractivity contribution >= 4 is 27.1 Å². The van der Waals surface area contributed by atoms with E-state index in [0.717, 1.165) is 0 Å². The lowest BCUT2D eigenvalue weighted by Gasteiger charge is -2.39. The quantitative estimate of drug-likeness (QED) is 0.657. The Hall–Kier alpha value is -0.980. The molecule has 0 bridgehead atoms. The molecule has 1 aromatic rings. The fraction of sp³-hybridized carbons (Fsp3) is 0.500. The Bertz CT molecular complexity index is 608. The number of anilines is 1. The van der Waals surface area contributed by atoms with Crippen molar-refractivity contribution in [2.24, 2.45) is 5.92 Å². The Kier molecular flexibility index (Phi) is 3.45. The number of nitrogens with two attached hydrogens (primary N) is 1. The molecule has 0 spiro atoms. The molecule has 1 aliphatic rings. The molecule has 1 aliphatic heterocycles. The van der Waals surface area contributed by atoms with E-state index >= 15 is 0 Å². The third-order valence-electron chi connectivity index (χ3n) is 3.70. The van der Waals surface area contributed by atoms with Crippen LogP contribution in [0.1, 0.15) is 13.8 Å². The summed E-state index contributed by atoms with van der Waals surface area (Å²) in [4.78, 5) is -0.300. The van der Waals surface area contributed by atoms with E-state index in [2.05, 4.69) is 0 Å². The summed E-state index contributed by atoms with van der Waals surface area (Å²) in [6.07, 6.45) is 0. The lowest BCUT2D eigenvalue weighted by molar-refractivity contribution is -0.0468. The fourth-order valence-electron chi connectivity index (χ4n) is 1.94. The molecule has 7 heteroatoms. The zero-order valence-corrected chi connectivity index (χ0v) is 12.3. The summed E-state index contributed by atoms with van der Waals surface area (Å²) >= 11 is 5.93. The highest BCUT2D eigenvalue weighted by molar-refractivity contribution is 7.93. The van der Waals surface area contributed by atoms with Crippen molar-refractivity contribution in [1.29, 1.82) is 0 Å². The Morgan fingerprint density at radius 1 is 1.42 bits per heavy atom. The minimum absolute atomic E-state index is 0.0105. The van der Waals surface area contributed by atoms with Gasteiger partial charge in [0.2, 0.25) is 0 Å². The number of ether oxygens (including phenoxy) is 1. The number of phenolic OH excluding ortho intramolecular Hbond substituents is 1. The first kappa shape index (κ1) is 14.4. The van der Waals surface area contributed by atoms with Gasteiger partial charge in [0.15, 0.2) is 15.6 Å². The molecule has 0 unspecified atom stereocenters. The number of hydrogen-bond acceptors (Lipinski definition) is 5. The molecule has 2 rings (SSSR count). The van der Waals surface area contributed by atoms with Crippen LogP contribution in [-0.2, 0) is 14.6 Å². The molecule has 0 aliphatic carbocycles. The molecule has 1 saturated heterocycles. The van der Waals surface area contributed by atoms with Crippen molar-refractivity contribution in [2.45, 2.75) is 23.5 Å². The van der Waals surface area contributed by atoms with Gasteiger partial charge >= 0.3 is 0 Å². The minimum atomic E-state index is -3.82. The SMILES string of the molecule is CC(C)(C1COC1)S(=O)(=O)c1c(Cl)ccc(N)c1O. The smallest absolute Gasteiger partial charge is 0.189 e. The van der Waals surface area contributed by atoms with Crippen LogP contribution in [0.3, 0.4) is 0 Å². The highest BCUT2D eigenvalue weighted by Gasteiger charge is 2.48. The van der Waals surface area contributed by atoms with Crippen LogP contribution in [0.2, 0.25) is 5.02 Å². The average Bonchev–Trinajstić information content (AvgIpc) is 2.20. The first-order valence-corrected chi connectivity index (χ1v) is 7.65. The second kappa shape index (κ2) is 4.54. The summed E-state index contributed by atoms with van der Waals surface area (Å²) in [5, 5.41) is 9.90. The Morgan fingerprint density at radius 2 is 2.00 bits per heavy atom. The van der Waals surface area contributed by atoms with E-state index in [1.807, 2.05) is 0 Å². The van der Waals surface area contributed by atoms with Crippen molar-refractivity contribution in [2.75, 3.05) is 18.9 Å². The van der Waals surface area contributed by atoms with E-state index in [1.165, 1.54) is 12.1 Å². The molecule has 1 aromatic carbocycles. The van der Waals surface area contributed by atoms with E-state index in [0.29, 0.717) is 13.2 Å². The van der Waals surface area contributed by atoms with Gasteiger partial charge in [0.1, 0.15) is 4.90 Å². The highest BCUT2D eigenvalue weighted by Crippen LogP contribution is 2.43. The number of hydrogen-bond donors (Lipinski definition) is 2. The van der Waals surface area contributed by atoms with Gasteiger partial charge in [-0.2, -0.15) is 0 Å². The number of benzene rings is 1. The number of phenols is 1. The van der Waals surface area contributed by atoms with Gasteiger partial charge in [-0.05, 0) is 26.0 Å². The summed E-state index contributed by atoms with van der Waals surface area (Å²) in [6.45, 7) is 3.98. The summed E-state index contributed by atoms with van der Waals surface area (Å²) in [7, 11) is -3.82. The molecule has 0 saturated carbocycles. The topological polar surface area (TPSA) is 89.6 Å². The number of rotatable bonds is 3. The molecule has 1 fully saturated rings. The Morgan fingerprint density at radius 3 is 2.47 bits per heavy atom. The van der Waals surface area contributed by atoms with Crippen molar-refractivity contribution in [1.82, 2.24) is 0 Å². The number of halogens is 1. The van der Waals surface area contributed by atoms with Crippen LogP contribution >= 0.6 is 11.6 Å². The van der Waals surface area contributed by atoms with Crippen molar-refractivity contribution in [3.05, 3.63) is 17.2 Å². The van der Waals surface area contributed by atoms with E-state index in [4.69, 9.17) is 22.1 Å². The Balaban J connectivity index is 2.60. The maximum absolute atomic E-state index is 12.7. The molecular formula is C12H16ClNO4S. The summed E-state index contributed by atoms with van der Waals surface area (Å²) in [6, 6.07) is 2.74. The third-order valence-corrected chi connectivity index (χ3v) is 6.79. The molecule has 106 valence electrons. The second-order valence-electron chi connectivity index (χ2n) is 5.16. The van der Waals surface area contributed by atoms with Crippen LogP contribution in [-0.4, -0.2) is 31.5 Å². The summed E-state index contributed by atoms with van der Waals surface area (Å²) < 4.78 is 29.4. The van der Waals surface area contributed by atoms with Crippen molar-refractivity contribution < 1.29 is 18.3 Å². The number of nitrogen functional groups attached to an aromatic ring is 1. The largest absolute Gasteiger partial charge is 0.504 e. The fourth-order valence-corrected chi connectivity index (χ4v) is 4.19. The van der Waals surface area contributed by atoms with Gasteiger partial charge in [0.25, 0.3) is 0 Å². The van der Waals surface area contributed by atoms with E-state index < -0.39 is 20.3 Å². The first-order valence-electron chi connectivity index (χ1n) is 5.79. The lowest BCUT2D eigenvalue weighted by atomic mass is 9.93. The molecule has 0 amide bonds. The highest BCUT2D eigenvalue weighted by atomic mass is 35.5. The molecule has 1 heterocycles. The van der Waals surface area contributed by atoms with Crippen LogP contribution in [0.4, 0.5) is 5.69 Å². The number of aromatic hydroxyl groups is 1. The van der Waals surface area contributed by atoms with Crippen LogP contribution in [0.15, 0.2) is 17.0 Å². The molecule has 0 aromatic heterocycles. The van der Waals surface area contributed by atoms with Crippen molar-refractivity contribution in [3.8, 4) is 5.75 Å². The zero-order valence-electron chi connectivity index (χ0n) is 10.7. The normalized spacial score (nSPS) is 17.2. The summed E-state index contributed by atoms with van der Waals surface area (Å²) in [5.74, 6) is -0.616. The maximum Gasteiger partial charge on any atom is 0.189 e. The lowest BCUT2D eigenvalue weighted by Crippen LogP contribution is -2.49. The van der Waals surface area contributed by atoms with E-state index in [-0.39, 0.29) is 21.5 Å². The molecule has 5 nitrogen and oxygen atoms in total. The average molecular weight is 306 g/mol. The third kappa shape index (κ3) is 2.07. The molecular weight excluding hydrogens is 290 g/mol. The van der Waals surface area contributed by atoms with Gasteiger partial charge in [0, 0.05) is 5.92 Å². The van der Waals surface area contributed by atoms with Gasteiger partial charge in [0.05, 0.1) is 28.7 Å².